The van der Waals surface area contributed by atoms with Crippen LogP contribution in [0.4, 0.5) is 0 Å². The van der Waals surface area contributed by atoms with Crippen LogP contribution < -0.4 is 5.73 Å². The van der Waals surface area contributed by atoms with E-state index in [1.165, 1.54) is 37.7 Å². The maximum absolute atomic E-state index is 6.16. The van der Waals surface area contributed by atoms with E-state index < -0.39 is 0 Å². The Morgan fingerprint density at radius 3 is 2.78 bits per heavy atom. The van der Waals surface area contributed by atoms with Crippen molar-refractivity contribution in [1.29, 1.82) is 0 Å². The zero-order valence-electron chi connectivity index (χ0n) is 12.1. The average molecular weight is 247 g/mol. The van der Waals surface area contributed by atoms with Crippen LogP contribution in [0, 0.1) is 11.8 Å². The first-order chi connectivity index (χ1) is 8.65. The Hall–Kier alpha value is -0.820. The topological polar surface area (TPSA) is 26.0 Å². The normalized spacial score (nSPS) is 28.5. The van der Waals surface area contributed by atoms with Gasteiger partial charge in [-0.3, -0.25) is 0 Å². The van der Waals surface area contributed by atoms with Crippen molar-refractivity contribution in [3.05, 3.63) is 36.5 Å². The Morgan fingerprint density at radius 1 is 1.33 bits per heavy atom. The molecule has 102 valence electrons. The smallest absolute Gasteiger partial charge is 0.0105 e. The van der Waals surface area contributed by atoms with Crippen LogP contribution in [0.2, 0.25) is 0 Å². The Labute approximate surface area is 113 Å². The minimum atomic E-state index is 0.378. The monoisotopic (exact) mass is 247 g/mol. The fourth-order valence-corrected chi connectivity index (χ4v) is 2.85. The average Bonchev–Trinajstić information content (AvgIpc) is 2.66. The fraction of sp³-hybridized carbons (Fsp3) is 0.647. The van der Waals surface area contributed by atoms with E-state index >= 15 is 0 Å². The molecule has 0 aromatic rings. The molecule has 0 bridgehead atoms. The van der Waals surface area contributed by atoms with Crippen molar-refractivity contribution < 1.29 is 0 Å². The van der Waals surface area contributed by atoms with Gasteiger partial charge in [0.25, 0.3) is 0 Å². The van der Waals surface area contributed by atoms with E-state index in [2.05, 4.69) is 44.7 Å². The molecule has 0 saturated heterocycles. The molecule has 18 heavy (non-hydrogen) atoms. The number of hydrogen-bond donors (Lipinski definition) is 1. The van der Waals surface area contributed by atoms with Crippen LogP contribution in [-0.4, -0.2) is 6.04 Å². The lowest BCUT2D eigenvalue weighted by atomic mass is 9.90. The first-order valence-corrected chi connectivity index (χ1v) is 7.33. The lowest BCUT2D eigenvalue weighted by Gasteiger charge is -2.17. The Kier molecular flexibility index (Phi) is 7.04. The molecule has 1 saturated carbocycles. The molecule has 1 aliphatic carbocycles. The Bertz CT molecular complexity index is 301. The molecule has 0 spiro atoms. The highest BCUT2D eigenvalue weighted by molar-refractivity contribution is 5.02. The van der Waals surface area contributed by atoms with Gasteiger partial charge in [-0.25, -0.2) is 0 Å². The van der Waals surface area contributed by atoms with E-state index in [0.29, 0.717) is 12.0 Å². The summed E-state index contributed by atoms with van der Waals surface area (Å²) in [5.41, 5.74) is 7.45. The third-order valence-electron chi connectivity index (χ3n) is 3.90. The molecule has 1 unspecified atom stereocenters. The molecule has 1 nitrogen and oxygen atoms in total. The molecule has 3 atom stereocenters. The van der Waals surface area contributed by atoms with Crippen molar-refractivity contribution in [3.8, 4) is 0 Å². The lowest BCUT2D eigenvalue weighted by Crippen LogP contribution is -2.25. The molecule has 0 aromatic heterocycles. The summed E-state index contributed by atoms with van der Waals surface area (Å²) >= 11 is 0. The predicted octanol–water partition coefficient (Wildman–Crippen LogP) is 4.61. The van der Waals surface area contributed by atoms with Gasteiger partial charge in [0.2, 0.25) is 0 Å². The first kappa shape index (κ1) is 15.2. The van der Waals surface area contributed by atoms with Gasteiger partial charge in [0.05, 0.1) is 0 Å². The van der Waals surface area contributed by atoms with Gasteiger partial charge in [-0.15, -0.1) is 6.58 Å². The zero-order valence-corrected chi connectivity index (χ0v) is 12.1. The molecule has 0 heterocycles. The molecular weight excluding hydrogens is 218 g/mol. The van der Waals surface area contributed by atoms with E-state index in [9.17, 15) is 0 Å². The number of nitrogens with two attached hydrogens (primary N) is 1. The van der Waals surface area contributed by atoms with Gasteiger partial charge in [-0.1, -0.05) is 29.9 Å². The molecule has 2 N–H and O–H groups in total. The minimum absolute atomic E-state index is 0.378. The van der Waals surface area contributed by atoms with Crippen molar-refractivity contribution in [1.82, 2.24) is 0 Å². The minimum Gasteiger partial charge on any atom is -0.327 e. The highest BCUT2D eigenvalue weighted by Crippen LogP contribution is 2.34. The highest BCUT2D eigenvalue weighted by atomic mass is 14.7. The van der Waals surface area contributed by atoms with Crippen LogP contribution in [0.5, 0.6) is 0 Å². The van der Waals surface area contributed by atoms with Crippen molar-refractivity contribution >= 4 is 0 Å². The van der Waals surface area contributed by atoms with Gasteiger partial charge < -0.3 is 5.73 Å². The summed E-state index contributed by atoms with van der Waals surface area (Å²) in [5, 5.41) is 0. The maximum atomic E-state index is 6.16. The molecule has 0 aliphatic heterocycles. The van der Waals surface area contributed by atoms with Gasteiger partial charge in [0.1, 0.15) is 0 Å². The van der Waals surface area contributed by atoms with Crippen LogP contribution >= 0.6 is 0 Å². The van der Waals surface area contributed by atoms with Gasteiger partial charge in [0, 0.05) is 6.04 Å². The zero-order chi connectivity index (χ0) is 13.4. The third kappa shape index (κ3) is 5.22. The largest absolute Gasteiger partial charge is 0.327 e. The summed E-state index contributed by atoms with van der Waals surface area (Å²) in [6.45, 7) is 8.12. The second-order valence-electron chi connectivity index (χ2n) is 5.66. The van der Waals surface area contributed by atoms with Crippen molar-refractivity contribution in [3.63, 3.8) is 0 Å². The van der Waals surface area contributed by atoms with Gasteiger partial charge >= 0.3 is 0 Å². The van der Waals surface area contributed by atoms with Gasteiger partial charge in [-0.2, -0.15) is 0 Å². The predicted molar refractivity (Wildman–Crippen MR) is 81.4 cm³/mol. The van der Waals surface area contributed by atoms with E-state index in [-0.39, 0.29) is 0 Å². The number of allylic oxidation sites excluding steroid dienone is 4. The van der Waals surface area contributed by atoms with E-state index in [1.54, 1.807) is 0 Å². The van der Waals surface area contributed by atoms with E-state index in [0.717, 1.165) is 12.3 Å². The molecule has 0 aromatic carbocycles. The van der Waals surface area contributed by atoms with Gasteiger partial charge in [-0.05, 0) is 64.2 Å². The quantitative estimate of drug-likeness (QED) is 0.516. The number of unbranched alkanes of at least 4 members (excludes halogenated alkanes) is 1. The van der Waals surface area contributed by atoms with Crippen molar-refractivity contribution in [2.45, 2.75) is 58.4 Å². The van der Waals surface area contributed by atoms with E-state index in [1.807, 2.05) is 0 Å². The summed E-state index contributed by atoms with van der Waals surface area (Å²) in [5.74, 6) is 1.35. The summed E-state index contributed by atoms with van der Waals surface area (Å²) in [4.78, 5) is 0. The maximum Gasteiger partial charge on any atom is 0.0105 e. The Morgan fingerprint density at radius 2 is 2.11 bits per heavy atom. The summed E-state index contributed by atoms with van der Waals surface area (Å²) in [6.07, 6.45) is 16.4. The second-order valence-corrected chi connectivity index (χ2v) is 5.66. The number of rotatable bonds is 7. The number of hydrogen-bond acceptors (Lipinski definition) is 1. The Balaban J connectivity index is 2.25. The van der Waals surface area contributed by atoms with Crippen LogP contribution in [0.1, 0.15) is 52.4 Å². The fourth-order valence-electron chi connectivity index (χ4n) is 2.85. The van der Waals surface area contributed by atoms with Crippen LogP contribution in [0.15, 0.2) is 36.5 Å². The van der Waals surface area contributed by atoms with Crippen LogP contribution in [0.25, 0.3) is 0 Å². The van der Waals surface area contributed by atoms with Crippen LogP contribution in [0.3, 0.4) is 0 Å². The first-order valence-electron chi connectivity index (χ1n) is 7.33. The molecule has 1 fully saturated rings. The highest BCUT2D eigenvalue weighted by Gasteiger charge is 2.30. The third-order valence-corrected chi connectivity index (χ3v) is 3.90. The summed E-state index contributed by atoms with van der Waals surface area (Å²) in [7, 11) is 0. The van der Waals surface area contributed by atoms with Crippen molar-refractivity contribution in [2.75, 3.05) is 0 Å². The molecule has 1 aliphatic rings. The molecular formula is C17H29N. The molecule has 1 heteroatoms. The lowest BCUT2D eigenvalue weighted by molar-refractivity contribution is 0.437. The van der Waals surface area contributed by atoms with Crippen LogP contribution in [-0.2, 0) is 0 Å². The molecule has 0 radical (unpaired) electrons. The SMILES string of the molecule is C=C(C)CCC/C=C\CC1CC[C@@H](N)[C@@H]1/C=C/C. The molecule has 1 rings (SSSR count). The summed E-state index contributed by atoms with van der Waals surface area (Å²) < 4.78 is 0. The van der Waals surface area contributed by atoms with E-state index in [4.69, 9.17) is 5.73 Å². The summed E-state index contributed by atoms with van der Waals surface area (Å²) in [6, 6.07) is 0.378. The van der Waals surface area contributed by atoms with Crippen molar-refractivity contribution in [2.24, 2.45) is 17.6 Å². The van der Waals surface area contributed by atoms with Gasteiger partial charge in [0.15, 0.2) is 0 Å². The molecule has 0 amide bonds. The standard InChI is InChI=1S/C17H29N/c1-4-9-16-15(12-13-17(16)18)11-8-6-5-7-10-14(2)3/h4,6,8-9,15-17H,2,5,7,10-13,18H2,1,3H3/b8-6-,9-4+/t15?,16-,17-/m1/s1. The second kappa shape index (κ2) is 8.31.